The lowest BCUT2D eigenvalue weighted by atomic mass is 10.1. The molecule has 0 spiro atoms. The maximum atomic E-state index is 13.0. The van der Waals surface area contributed by atoms with Gasteiger partial charge in [0.2, 0.25) is 5.91 Å². The van der Waals surface area contributed by atoms with Crippen LogP contribution in [-0.4, -0.2) is 56.1 Å². The van der Waals surface area contributed by atoms with Crippen LogP contribution in [0.2, 0.25) is 0 Å². The molecule has 4 rings (SSSR count). The zero-order valence-corrected chi connectivity index (χ0v) is 17.7. The Morgan fingerprint density at radius 3 is 2.39 bits per heavy atom. The first kappa shape index (κ1) is 20.9. The van der Waals surface area contributed by atoms with Crippen molar-refractivity contribution < 1.29 is 14.3 Å². The predicted octanol–water partition coefficient (Wildman–Crippen LogP) is 3.78. The predicted molar refractivity (Wildman–Crippen MR) is 124 cm³/mol. The lowest BCUT2D eigenvalue weighted by molar-refractivity contribution is -0.116. The first-order valence-corrected chi connectivity index (χ1v) is 10.6. The highest BCUT2D eigenvalue weighted by atomic mass is 16.5. The van der Waals surface area contributed by atoms with Crippen molar-refractivity contribution >= 4 is 34.0 Å². The van der Waals surface area contributed by atoms with Crippen molar-refractivity contribution in [2.75, 3.05) is 49.6 Å². The molecule has 6 heteroatoms. The van der Waals surface area contributed by atoms with Crippen molar-refractivity contribution in [3.63, 3.8) is 0 Å². The topological polar surface area (TPSA) is 61.9 Å². The minimum absolute atomic E-state index is 0.00732. The second kappa shape index (κ2) is 9.62. The second-order valence-corrected chi connectivity index (χ2v) is 7.58. The molecule has 3 aromatic rings. The highest BCUT2D eigenvalue weighted by Gasteiger charge is 2.18. The number of hydrogen-bond donors (Lipinski definition) is 1. The van der Waals surface area contributed by atoms with Gasteiger partial charge in [-0.05, 0) is 54.1 Å². The number of amides is 2. The summed E-state index contributed by atoms with van der Waals surface area (Å²) in [6.45, 7) is 5.54. The zero-order chi connectivity index (χ0) is 21.6. The Balaban J connectivity index is 1.38. The first-order chi connectivity index (χ1) is 15.1. The molecule has 0 radical (unpaired) electrons. The fourth-order valence-corrected chi connectivity index (χ4v) is 3.78. The molecule has 31 heavy (non-hydrogen) atoms. The van der Waals surface area contributed by atoms with E-state index in [4.69, 9.17) is 4.74 Å². The second-order valence-electron chi connectivity index (χ2n) is 7.58. The van der Waals surface area contributed by atoms with E-state index in [2.05, 4.69) is 10.2 Å². The van der Waals surface area contributed by atoms with Crippen molar-refractivity contribution in [3.05, 3.63) is 72.3 Å². The monoisotopic (exact) mass is 417 g/mol. The summed E-state index contributed by atoms with van der Waals surface area (Å²) in [5.41, 5.74) is 2.42. The third-order valence-corrected chi connectivity index (χ3v) is 5.53. The number of anilines is 2. The summed E-state index contributed by atoms with van der Waals surface area (Å²) in [7, 11) is 0. The highest BCUT2D eigenvalue weighted by molar-refractivity contribution is 6.01. The number of morpholine rings is 1. The molecule has 1 saturated heterocycles. The van der Waals surface area contributed by atoms with Gasteiger partial charge in [0.25, 0.3) is 5.91 Å². The van der Waals surface area contributed by atoms with E-state index in [1.165, 1.54) is 0 Å². The van der Waals surface area contributed by atoms with Crippen molar-refractivity contribution in [3.8, 4) is 0 Å². The van der Waals surface area contributed by atoms with Gasteiger partial charge in [0, 0.05) is 36.6 Å². The average Bonchev–Trinajstić information content (AvgIpc) is 2.83. The van der Waals surface area contributed by atoms with Gasteiger partial charge in [0.15, 0.2) is 0 Å². The van der Waals surface area contributed by atoms with Gasteiger partial charge in [0.1, 0.15) is 6.54 Å². The lowest BCUT2D eigenvalue weighted by Gasteiger charge is -2.29. The number of ether oxygens (including phenoxy) is 1. The summed E-state index contributed by atoms with van der Waals surface area (Å²) in [5, 5.41) is 4.99. The van der Waals surface area contributed by atoms with E-state index >= 15 is 0 Å². The van der Waals surface area contributed by atoms with Crippen LogP contribution in [0.1, 0.15) is 17.3 Å². The van der Waals surface area contributed by atoms with E-state index in [0.717, 1.165) is 48.5 Å². The van der Waals surface area contributed by atoms with E-state index in [0.29, 0.717) is 12.1 Å². The molecule has 0 saturated carbocycles. The largest absolute Gasteiger partial charge is 0.378 e. The third kappa shape index (κ3) is 5.03. The maximum Gasteiger partial charge on any atom is 0.254 e. The number of hydrogen-bond acceptors (Lipinski definition) is 4. The molecule has 3 aromatic carbocycles. The Hall–Kier alpha value is -3.38. The van der Waals surface area contributed by atoms with Crippen molar-refractivity contribution in [2.45, 2.75) is 6.92 Å². The lowest BCUT2D eigenvalue weighted by Crippen LogP contribution is -2.38. The quantitative estimate of drug-likeness (QED) is 0.663. The molecule has 1 aliphatic rings. The molecule has 0 aromatic heterocycles. The van der Waals surface area contributed by atoms with Crippen molar-refractivity contribution in [2.24, 2.45) is 0 Å². The first-order valence-electron chi connectivity index (χ1n) is 10.6. The number of rotatable bonds is 6. The number of nitrogens with zero attached hydrogens (tertiary/aromatic N) is 2. The molecule has 6 nitrogen and oxygen atoms in total. The number of carbonyl (C=O) groups excluding carboxylic acids is 2. The van der Waals surface area contributed by atoms with Crippen LogP contribution in [0.4, 0.5) is 11.4 Å². The van der Waals surface area contributed by atoms with Gasteiger partial charge in [0.05, 0.1) is 13.2 Å². The summed E-state index contributed by atoms with van der Waals surface area (Å²) in [6, 6.07) is 21.3. The molecular weight excluding hydrogens is 390 g/mol. The molecule has 1 N–H and O–H groups in total. The minimum atomic E-state index is -0.213. The molecule has 0 bridgehead atoms. The van der Waals surface area contributed by atoms with Crippen LogP contribution in [0.5, 0.6) is 0 Å². The maximum absolute atomic E-state index is 13.0. The fourth-order valence-electron chi connectivity index (χ4n) is 3.78. The van der Waals surface area contributed by atoms with Crippen LogP contribution in [0.3, 0.4) is 0 Å². The Morgan fingerprint density at radius 2 is 1.68 bits per heavy atom. The number of benzene rings is 3. The summed E-state index contributed by atoms with van der Waals surface area (Å²) in [4.78, 5) is 29.4. The molecular formula is C25H27N3O3. The van der Waals surface area contributed by atoms with Crippen LogP contribution in [0.25, 0.3) is 10.8 Å². The highest BCUT2D eigenvalue weighted by Crippen LogP contribution is 2.20. The zero-order valence-electron chi connectivity index (χ0n) is 17.7. The minimum Gasteiger partial charge on any atom is -0.378 e. The average molecular weight is 418 g/mol. The summed E-state index contributed by atoms with van der Waals surface area (Å²) in [6.07, 6.45) is 0. The number of nitrogens with one attached hydrogen (secondary N) is 1. The molecule has 0 unspecified atom stereocenters. The molecule has 2 amide bonds. The molecule has 1 aliphatic heterocycles. The molecule has 1 fully saturated rings. The van der Waals surface area contributed by atoms with E-state index in [1.807, 2.05) is 73.7 Å². The van der Waals surface area contributed by atoms with Crippen LogP contribution >= 0.6 is 0 Å². The van der Waals surface area contributed by atoms with Crippen molar-refractivity contribution in [1.29, 1.82) is 0 Å². The standard InChI is InChI=1S/C25H27N3O3/c1-2-27(25(30)21-8-7-19-5-3-4-6-20(19)17-21)18-24(29)26-22-9-11-23(12-10-22)28-13-15-31-16-14-28/h3-12,17H,2,13-16,18H2,1H3,(H,26,29). The van der Waals surface area contributed by atoms with Gasteiger partial charge in [-0.2, -0.15) is 0 Å². The smallest absolute Gasteiger partial charge is 0.254 e. The van der Waals surface area contributed by atoms with Crippen molar-refractivity contribution in [1.82, 2.24) is 4.90 Å². The number of likely N-dealkylation sites (N-methyl/N-ethyl adjacent to an activating group) is 1. The molecule has 0 aliphatic carbocycles. The van der Waals surface area contributed by atoms with Crippen LogP contribution < -0.4 is 10.2 Å². The van der Waals surface area contributed by atoms with E-state index < -0.39 is 0 Å². The summed E-state index contributed by atoms with van der Waals surface area (Å²) in [5.74, 6) is -0.360. The molecule has 1 heterocycles. The molecule has 160 valence electrons. The fraction of sp³-hybridized carbons (Fsp3) is 0.280. The SMILES string of the molecule is CCN(CC(=O)Nc1ccc(N2CCOCC2)cc1)C(=O)c1ccc2ccccc2c1. The van der Waals surface area contributed by atoms with Gasteiger partial charge >= 0.3 is 0 Å². The van der Waals surface area contributed by atoms with Gasteiger partial charge in [-0.25, -0.2) is 0 Å². The summed E-state index contributed by atoms with van der Waals surface area (Å²) >= 11 is 0. The van der Waals surface area contributed by atoms with E-state index in [1.54, 1.807) is 4.90 Å². The van der Waals surface area contributed by atoms with Crippen LogP contribution in [0.15, 0.2) is 66.7 Å². The van der Waals surface area contributed by atoms with E-state index in [-0.39, 0.29) is 18.4 Å². The Labute approximate surface area is 182 Å². The normalized spacial score (nSPS) is 13.8. The number of carbonyl (C=O) groups is 2. The van der Waals surface area contributed by atoms with Gasteiger partial charge < -0.3 is 19.9 Å². The number of fused-ring (bicyclic) bond motifs is 1. The Morgan fingerprint density at radius 1 is 0.968 bits per heavy atom. The van der Waals surface area contributed by atoms with Gasteiger partial charge in [-0.1, -0.05) is 30.3 Å². The van der Waals surface area contributed by atoms with Gasteiger partial charge in [-0.15, -0.1) is 0 Å². The Bertz CT molecular complexity index is 1060. The third-order valence-electron chi connectivity index (χ3n) is 5.53. The van der Waals surface area contributed by atoms with Crippen LogP contribution in [0, 0.1) is 0 Å². The van der Waals surface area contributed by atoms with Gasteiger partial charge in [-0.3, -0.25) is 9.59 Å². The molecule has 0 atom stereocenters. The summed E-state index contributed by atoms with van der Waals surface area (Å²) < 4.78 is 5.39. The van der Waals surface area contributed by atoms with Crippen LogP contribution in [-0.2, 0) is 9.53 Å². The van der Waals surface area contributed by atoms with E-state index in [9.17, 15) is 9.59 Å². The Kier molecular flexibility index (Phi) is 6.48.